The van der Waals surface area contributed by atoms with Crippen LogP contribution in [0.15, 0.2) is 4.36 Å². The normalized spacial score (nSPS) is 12.1. The fourth-order valence-corrected chi connectivity index (χ4v) is 0.155. The molecule has 0 aromatic carbocycles. The van der Waals surface area contributed by atoms with Crippen LogP contribution in [0.2, 0.25) is 0 Å². The van der Waals surface area contributed by atoms with Crippen LogP contribution in [0.1, 0.15) is 0 Å². The minimum atomic E-state index is -5.66. The average Bonchev–Trinajstić information content (AvgIpc) is 1.64. The molecule has 0 N–H and O–H groups in total. The first kappa shape index (κ1) is 12.9. The maximum absolute atomic E-state index is 11.3. The Kier molecular flexibility index (Phi) is 4.64. The van der Waals surface area contributed by atoms with Gasteiger partial charge in [-0.1, -0.05) is 0 Å². The molecule has 0 amide bonds. The predicted molar refractivity (Wildman–Crippen MR) is 27.9 cm³/mol. The third kappa shape index (κ3) is 2.90. The summed E-state index contributed by atoms with van der Waals surface area (Å²) in [6.45, 7) is 0. The average molecular weight is 173 g/mol. The fraction of sp³-hybridized carbons (Fsp3) is 1.00. The van der Waals surface area contributed by atoms with Crippen LogP contribution >= 0.6 is 0 Å². The molecule has 10 heavy (non-hydrogen) atoms. The Bertz CT molecular complexity index is 121. The molecule has 0 rings (SSSR count). The molecule has 0 bridgehead atoms. The van der Waals surface area contributed by atoms with Gasteiger partial charge in [0, 0.05) is 12.4 Å². The Morgan fingerprint density at radius 3 is 1.30 bits per heavy atom. The van der Waals surface area contributed by atoms with Crippen molar-refractivity contribution >= 4 is 31.3 Å². The third-order valence-electron chi connectivity index (χ3n) is 0.456. The van der Waals surface area contributed by atoms with Gasteiger partial charge in [-0.3, -0.25) is 0 Å². The molecule has 0 fully saturated rings. The second kappa shape index (κ2) is 3.60. The molecule has 0 aliphatic carbocycles. The molecule has 0 saturated heterocycles. The number of halogens is 5. The molecular formula is C2HF5LiNS. The summed E-state index contributed by atoms with van der Waals surface area (Å²) in [7, 11) is 0. The van der Waals surface area contributed by atoms with E-state index in [1.165, 1.54) is 4.36 Å². The Labute approximate surface area is 70.3 Å². The van der Waals surface area contributed by atoms with Crippen LogP contribution in [-0.4, -0.2) is 31.1 Å². The monoisotopic (exact) mass is 173 g/mol. The van der Waals surface area contributed by atoms with Crippen LogP contribution in [0, 0.1) is 0 Å². The number of rotatable bonds is 1. The topological polar surface area (TPSA) is 12.4 Å². The maximum atomic E-state index is 11.3. The molecule has 0 aromatic rings. The predicted octanol–water partition coefficient (Wildman–Crippen LogP) is 1.22. The number of alkyl halides is 5. The summed E-state index contributed by atoms with van der Waals surface area (Å²) in [4.78, 5) is 0. The van der Waals surface area contributed by atoms with Gasteiger partial charge in [0.15, 0.2) is 0 Å². The van der Waals surface area contributed by atoms with E-state index >= 15 is 0 Å². The van der Waals surface area contributed by atoms with E-state index < -0.39 is 12.2 Å². The van der Waals surface area contributed by atoms with E-state index in [2.05, 4.69) is 12.4 Å². The summed E-state index contributed by atoms with van der Waals surface area (Å²) in [5.41, 5.74) is 0. The fourth-order valence-electron chi connectivity index (χ4n) is 0.0518. The van der Waals surface area contributed by atoms with E-state index in [1.54, 1.807) is 0 Å². The molecule has 0 aromatic heterocycles. The van der Waals surface area contributed by atoms with Gasteiger partial charge in [-0.25, -0.2) is 0 Å². The van der Waals surface area contributed by atoms with Crippen LogP contribution in [0.5, 0.6) is 0 Å². The quantitative estimate of drug-likeness (QED) is 0.330. The first-order valence-electron chi connectivity index (χ1n) is 1.60. The van der Waals surface area contributed by atoms with E-state index in [-0.39, 0.29) is 18.9 Å². The van der Waals surface area contributed by atoms with Crippen molar-refractivity contribution in [2.45, 2.75) is 12.2 Å². The summed E-state index contributed by atoms with van der Waals surface area (Å²) in [6.07, 6.45) is -5.66. The van der Waals surface area contributed by atoms with Gasteiger partial charge in [0.05, 0.1) is 0 Å². The zero-order valence-corrected chi connectivity index (χ0v) is 4.56. The molecule has 0 unspecified atom stereocenters. The van der Waals surface area contributed by atoms with Gasteiger partial charge in [-0.15, -0.1) is 4.36 Å². The number of nitrogens with zero attached hydrogens (tertiary/aromatic N) is 1. The van der Waals surface area contributed by atoms with E-state index in [0.717, 1.165) is 0 Å². The van der Waals surface area contributed by atoms with Crippen molar-refractivity contribution in [3.05, 3.63) is 0 Å². The van der Waals surface area contributed by atoms with Gasteiger partial charge in [0.1, 0.15) is 0 Å². The summed E-state index contributed by atoms with van der Waals surface area (Å²) < 4.78 is 56.7. The van der Waals surface area contributed by atoms with Crippen LogP contribution < -0.4 is 0 Å². The van der Waals surface area contributed by atoms with E-state index in [1.807, 2.05) is 0 Å². The van der Waals surface area contributed by atoms with Crippen molar-refractivity contribution in [1.82, 2.24) is 0 Å². The van der Waals surface area contributed by atoms with E-state index in [9.17, 15) is 22.0 Å². The molecule has 0 atom stereocenters. The van der Waals surface area contributed by atoms with Crippen molar-refractivity contribution in [1.29, 1.82) is 0 Å². The Morgan fingerprint density at radius 1 is 1.00 bits per heavy atom. The molecule has 0 aliphatic heterocycles. The van der Waals surface area contributed by atoms with Crippen LogP contribution in [-0.2, 0) is 12.4 Å². The summed E-state index contributed by atoms with van der Waals surface area (Å²) in [5, 5.41) is 0. The molecule has 0 heterocycles. The molecular weight excluding hydrogens is 172 g/mol. The number of hydrogen-bond acceptors (Lipinski definition) is 2. The standard InChI is InChI=1S/C2F5NS.Li.H/c3-1(4,5)2(6,7)8-9;;. The summed E-state index contributed by atoms with van der Waals surface area (Å²) >= 11 is 3.19. The van der Waals surface area contributed by atoms with Crippen molar-refractivity contribution in [3.63, 3.8) is 0 Å². The van der Waals surface area contributed by atoms with Gasteiger partial charge in [0.25, 0.3) is 0 Å². The van der Waals surface area contributed by atoms with Gasteiger partial charge < -0.3 is 0 Å². The van der Waals surface area contributed by atoms with Gasteiger partial charge in [-0.05, 0) is 0 Å². The van der Waals surface area contributed by atoms with Crippen molar-refractivity contribution < 1.29 is 22.0 Å². The molecule has 0 radical (unpaired) electrons. The SMILES string of the molecule is FC(F)(F)C(F)(F)N=S.[LiH]. The first-order chi connectivity index (χ1) is 3.81. The first-order valence-corrected chi connectivity index (χ1v) is 1.97. The molecule has 1 nitrogen and oxygen atoms in total. The second-order valence-electron chi connectivity index (χ2n) is 1.13. The zero-order chi connectivity index (χ0) is 7.71. The van der Waals surface area contributed by atoms with E-state index in [4.69, 9.17) is 0 Å². The van der Waals surface area contributed by atoms with Crippen LogP contribution in [0.3, 0.4) is 0 Å². The molecule has 56 valence electrons. The Morgan fingerprint density at radius 2 is 1.30 bits per heavy atom. The second-order valence-corrected chi connectivity index (χ2v) is 1.31. The van der Waals surface area contributed by atoms with Gasteiger partial charge >= 0.3 is 31.1 Å². The van der Waals surface area contributed by atoms with Gasteiger partial charge in [-0.2, -0.15) is 22.0 Å². The summed E-state index contributed by atoms with van der Waals surface area (Å²) in [6, 6.07) is -5.08. The zero-order valence-electron chi connectivity index (χ0n) is 3.75. The summed E-state index contributed by atoms with van der Waals surface area (Å²) in [5.74, 6) is 0. The van der Waals surface area contributed by atoms with E-state index in [0.29, 0.717) is 0 Å². The van der Waals surface area contributed by atoms with Crippen LogP contribution in [0.25, 0.3) is 0 Å². The molecule has 0 spiro atoms. The number of hydrogen-bond donors (Lipinski definition) is 0. The van der Waals surface area contributed by atoms with Crippen molar-refractivity contribution in [2.24, 2.45) is 4.36 Å². The molecule has 0 aliphatic rings. The third-order valence-corrected chi connectivity index (χ3v) is 0.685. The van der Waals surface area contributed by atoms with Gasteiger partial charge in [0.2, 0.25) is 0 Å². The molecule has 8 heteroatoms. The minimum absolute atomic E-state index is 0. The Balaban J connectivity index is 0. The van der Waals surface area contributed by atoms with Crippen molar-refractivity contribution in [2.75, 3.05) is 0 Å². The Hall–Kier alpha value is 0.267. The van der Waals surface area contributed by atoms with Crippen LogP contribution in [0.4, 0.5) is 22.0 Å². The van der Waals surface area contributed by atoms with Crippen molar-refractivity contribution in [3.8, 4) is 0 Å². The molecule has 0 saturated carbocycles.